The fraction of sp³-hybridized carbons (Fsp3) is 1.00. The van der Waals surface area contributed by atoms with E-state index >= 15 is 0 Å². The fourth-order valence-electron chi connectivity index (χ4n) is 2.23. The highest BCUT2D eigenvalue weighted by Gasteiger charge is 2.30. The molecule has 0 aromatic carbocycles. The van der Waals surface area contributed by atoms with Crippen LogP contribution in [0, 0.1) is 0 Å². The molecule has 0 radical (unpaired) electrons. The maximum absolute atomic E-state index is 2.89. The van der Waals surface area contributed by atoms with Crippen molar-refractivity contribution in [3.8, 4) is 0 Å². The molecule has 0 aromatic rings. The van der Waals surface area contributed by atoms with Crippen molar-refractivity contribution in [3.05, 3.63) is 0 Å². The van der Waals surface area contributed by atoms with E-state index in [1.807, 2.05) is 0 Å². The van der Waals surface area contributed by atoms with Gasteiger partial charge in [-0.1, -0.05) is 26.9 Å². The van der Waals surface area contributed by atoms with Crippen molar-refractivity contribution in [1.82, 2.24) is 4.23 Å². The minimum Gasteiger partial charge on any atom is -0.348 e. The van der Waals surface area contributed by atoms with Crippen molar-refractivity contribution in [1.29, 1.82) is 0 Å². The Hall–Kier alpha value is 0.394. The van der Waals surface area contributed by atoms with Gasteiger partial charge in [0.2, 0.25) is 0 Å². The Balaban J connectivity index is 2.54. The summed E-state index contributed by atoms with van der Waals surface area (Å²) in [6.07, 6.45) is 0. The van der Waals surface area contributed by atoms with Gasteiger partial charge in [0, 0.05) is 0 Å². The molecule has 2 unspecified atom stereocenters. The van der Waals surface area contributed by atoms with E-state index in [2.05, 4.69) is 31.2 Å². The summed E-state index contributed by atoms with van der Waals surface area (Å²) >= 11 is 0. The molecular formula is C7H19NSi2. The maximum atomic E-state index is 2.89. The zero-order valence-electron chi connectivity index (χ0n) is 7.59. The highest BCUT2D eigenvalue weighted by Crippen LogP contribution is 2.22. The lowest BCUT2D eigenvalue weighted by Crippen LogP contribution is -2.43. The van der Waals surface area contributed by atoms with E-state index in [1.54, 1.807) is 12.1 Å². The monoisotopic (exact) mass is 173 g/mol. The molecule has 1 fully saturated rings. The lowest BCUT2D eigenvalue weighted by Gasteiger charge is -2.29. The van der Waals surface area contributed by atoms with E-state index in [0.29, 0.717) is 0 Å². The minimum absolute atomic E-state index is 0.385. The molecule has 1 aliphatic rings. The Morgan fingerprint density at radius 2 is 1.50 bits per heavy atom. The molecule has 60 valence electrons. The predicted octanol–water partition coefficient (Wildman–Crippen LogP) is 1.42. The maximum Gasteiger partial charge on any atom is 0.101 e. The number of rotatable bonds is 1. The van der Waals surface area contributed by atoms with Crippen molar-refractivity contribution in [2.75, 3.05) is 0 Å². The molecule has 1 aliphatic heterocycles. The third-order valence-electron chi connectivity index (χ3n) is 2.62. The highest BCUT2D eigenvalue weighted by molar-refractivity contribution is 6.76. The van der Waals surface area contributed by atoms with Crippen LogP contribution in [0.2, 0.25) is 25.2 Å². The summed E-state index contributed by atoms with van der Waals surface area (Å²) in [6, 6.07) is 4.03. The van der Waals surface area contributed by atoms with Gasteiger partial charge in [0.05, 0.1) is 0 Å². The molecule has 2 atom stereocenters. The third-order valence-corrected chi connectivity index (χ3v) is 11.9. The van der Waals surface area contributed by atoms with Gasteiger partial charge in [0.25, 0.3) is 0 Å². The zero-order chi connectivity index (χ0) is 7.72. The SMILES string of the molecule is CC(C)N1[SiH](C)CC[SiH]1C. The third kappa shape index (κ3) is 1.52. The molecule has 10 heavy (non-hydrogen) atoms. The van der Waals surface area contributed by atoms with E-state index < -0.39 is 0 Å². The molecule has 0 N–H and O–H groups in total. The van der Waals surface area contributed by atoms with E-state index in [0.717, 1.165) is 6.04 Å². The van der Waals surface area contributed by atoms with Gasteiger partial charge in [-0.25, -0.2) is 0 Å². The van der Waals surface area contributed by atoms with Crippen LogP contribution in [0.3, 0.4) is 0 Å². The van der Waals surface area contributed by atoms with Gasteiger partial charge < -0.3 is 4.23 Å². The van der Waals surface area contributed by atoms with Crippen molar-refractivity contribution in [3.63, 3.8) is 0 Å². The first kappa shape index (κ1) is 8.49. The van der Waals surface area contributed by atoms with Crippen LogP contribution in [-0.2, 0) is 0 Å². The Bertz CT molecular complexity index is 106. The number of nitrogens with zero attached hydrogens (tertiary/aromatic N) is 1. The van der Waals surface area contributed by atoms with Crippen molar-refractivity contribution >= 4 is 17.9 Å². The molecule has 0 spiro atoms. The summed E-state index contributed by atoms with van der Waals surface area (Å²) in [5, 5.41) is 0. The van der Waals surface area contributed by atoms with Gasteiger partial charge in [-0.2, -0.15) is 0 Å². The molecule has 0 aliphatic carbocycles. The average Bonchev–Trinajstić information content (AvgIpc) is 2.11. The van der Waals surface area contributed by atoms with Gasteiger partial charge in [0.15, 0.2) is 0 Å². The topological polar surface area (TPSA) is 3.24 Å². The molecule has 0 saturated carbocycles. The second-order valence-corrected chi connectivity index (χ2v) is 10.2. The summed E-state index contributed by atoms with van der Waals surface area (Å²) in [7, 11) is -0.770. The standard InChI is InChI=1S/C7H19NSi2/c1-7(2)8-9(3)5-6-10(8)4/h7,9-10H,5-6H2,1-4H3. The van der Waals surface area contributed by atoms with Gasteiger partial charge in [-0.15, -0.1) is 0 Å². The van der Waals surface area contributed by atoms with Crippen LogP contribution in [0.15, 0.2) is 0 Å². The van der Waals surface area contributed by atoms with Crippen molar-refractivity contribution < 1.29 is 0 Å². The number of hydrogen-bond donors (Lipinski definition) is 0. The van der Waals surface area contributed by atoms with E-state index in [-0.39, 0.29) is 17.9 Å². The smallest absolute Gasteiger partial charge is 0.101 e. The molecule has 0 bridgehead atoms. The van der Waals surface area contributed by atoms with Gasteiger partial charge >= 0.3 is 0 Å². The van der Waals surface area contributed by atoms with Crippen molar-refractivity contribution in [2.24, 2.45) is 0 Å². The van der Waals surface area contributed by atoms with Crippen LogP contribution in [-0.4, -0.2) is 28.2 Å². The molecule has 0 aromatic heterocycles. The highest BCUT2D eigenvalue weighted by atomic mass is 28.4. The van der Waals surface area contributed by atoms with Crippen LogP contribution < -0.4 is 0 Å². The van der Waals surface area contributed by atoms with Crippen molar-refractivity contribution in [2.45, 2.75) is 45.1 Å². The molecule has 1 heterocycles. The second-order valence-electron chi connectivity index (χ2n) is 3.82. The predicted molar refractivity (Wildman–Crippen MR) is 52.6 cm³/mol. The first-order chi connectivity index (χ1) is 4.63. The summed E-state index contributed by atoms with van der Waals surface area (Å²) in [5.41, 5.74) is 0. The Labute approximate surface area is 67.8 Å². The first-order valence-electron chi connectivity index (χ1n) is 4.40. The Morgan fingerprint density at radius 1 is 1.10 bits per heavy atom. The molecule has 1 saturated heterocycles. The average molecular weight is 173 g/mol. The van der Waals surface area contributed by atoms with E-state index in [4.69, 9.17) is 0 Å². The quantitative estimate of drug-likeness (QED) is 0.542. The fourth-order valence-corrected chi connectivity index (χ4v) is 13.1. The molecule has 1 nitrogen and oxygen atoms in total. The van der Waals surface area contributed by atoms with Crippen LogP contribution in [0.1, 0.15) is 13.8 Å². The van der Waals surface area contributed by atoms with E-state index in [9.17, 15) is 0 Å². The van der Waals surface area contributed by atoms with Crippen LogP contribution in [0.4, 0.5) is 0 Å². The summed E-state index contributed by atoms with van der Waals surface area (Å²) in [5.74, 6) is 0. The van der Waals surface area contributed by atoms with Crippen LogP contribution in [0.5, 0.6) is 0 Å². The summed E-state index contributed by atoms with van der Waals surface area (Å²) < 4.78 is 2.89. The Morgan fingerprint density at radius 3 is 1.70 bits per heavy atom. The number of hydrogen-bond acceptors (Lipinski definition) is 1. The molecule has 1 rings (SSSR count). The largest absolute Gasteiger partial charge is 0.348 e. The van der Waals surface area contributed by atoms with Crippen LogP contribution >= 0.6 is 0 Å². The Kier molecular flexibility index (Phi) is 2.71. The lowest BCUT2D eigenvalue weighted by atomic mass is 10.4. The van der Waals surface area contributed by atoms with Gasteiger partial charge in [-0.3, -0.25) is 0 Å². The van der Waals surface area contributed by atoms with Gasteiger partial charge in [-0.05, 0) is 18.1 Å². The molecular weight excluding hydrogens is 154 g/mol. The normalized spacial score (nSPS) is 35.7. The zero-order valence-corrected chi connectivity index (χ0v) is 9.90. The molecule has 0 amide bonds. The van der Waals surface area contributed by atoms with Crippen LogP contribution in [0.25, 0.3) is 0 Å². The summed E-state index contributed by atoms with van der Waals surface area (Å²) in [6.45, 7) is 9.74. The first-order valence-corrected chi connectivity index (χ1v) is 9.38. The van der Waals surface area contributed by atoms with E-state index in [1.165, 1.54) is 0 Å². The lowest BCUT2D eigenvalue weighted by molar-refractivity contribution is 0.539. The second kappa shape index (κ2) is 3.19. The minimum atomic E-state index is -0.385. The summed E-state index contributed by atoms with van der Waals surface area (Å²) in [4.78, 5) is 0. The van der Waals surface area contributed by atoms with Gasteiger partial charge in [0.1, 0.15) is 17.9 Å². The molecule has 3 heteroatoms.